The normalized spacial score (nSPS) is 15.6. The van der Waals surface area contributed by atoms with Gasteiger partial charge in [0, 0.05) is 30.5 Å². The first-order valence-electron chi connectivity index (χ1n) is 8.52. The van der Waals surface area contributed by atoms with Gasteiger partial charge in [-0.25, -0.2) is 4.98 Å². The van der Waals surface area contributed by atoms with Crippen LogP contribution in [0.3, 0.4) is 0 Å². The molecule has 1 aliphatic rings. The number of aliphatic carboxylic acids is 1. The summed E-state index contributed by atoms with van der Waals surface area (Å²) in [4.78, 5) is 17.9. The lowest BCUT2D eigenvalue weighted by atomic mass is 10.1. The summed E-state index contributed by atoms with van der Waals surface area (Å²) in [7, 11) is 0. The summed E-state index contributed by atoms with van der Waals surface area (Å²) in [6.07, 6.45) is 6.72. The molecule has 0 amide bonds. The summed E-state index contributed by atoms with van der Waals surface area (Å²) in [6, 6.07) is 3.65. The molecule has 2 aromatic rings. The molecule has 1 aliphatic heterocycles. The number of piperidine rings is 1. The number of thioether (sulfide) groups is 1. The molecule has 2 aromatic heterocycles. The number of carbonyl (C=O) groups is 1. The number of carboxylic acid groups (broad SMARTS) is 1. The van der Waals surface area contributed by atoms with Crippen molar-refractivity contribution in [3.8, 4) is 0 Å². The minimum atomic E-state index is -1.28. The van der Waals surface area contributed by atoms with E-state index < -0.39 is 5.97 Å². The van der Waals surface area contributed by atoms with Crippen LogP contribution in [-0.2, 0) is 11.2 Å². The van der Waals surface area contributed by atoms with Crippen LogP contribution in [-0.4, -0.2) is 34.2 Å². The monoisotopic (exact) mass is 361 g/mol. The highest BCUT2D eigenvalue weighted by atomic mass is 32.2. The summed E-state index contributed by atoms with van der Waals surface area (Å²) < 4.78 is 5.78. The van der Waals surface area contributed by atoms with Gasteiger partial charge in [0.1, 0.15) is 11.6 Å². The zero-order valence-electron chi connectivity index (χ0n) is 14.2. The molecule has 0 bridgehead atoms. The van der Waals surface area contributed by atoms with Crippen LogP contribution in [0.1, 0.15) is 44.2 Å². The smallest absolute Gasteiger partial charge is 0.213 e. The van der Waals surface area contributed by atoms with Gasteiger partial charge >= 0.3 is 0 Å². The standard InChI is InChI=1S/C17H22N4O3S/c1-2-6-14-18-17(20-19-14)25-13(16(22)23)11-12-7-8-15(24-12)21-9-4-3-5-10-21/h7-8,11H,2-6,9-10H2,1H3,(H,22,23)(H,18,19,20)/p-1/b13-11+. The summed E-state index contributed by atoms with van der Waals surface area (Å²) >= 11 is 0.955. The Bertz CT molecular complexity index is 747. The fourth-order valence-corrected chi connectivity index (χ4v) is 3.44. The summed E-state index contributed by atoms with van der Waals surface area (Å²) in [6.45, 7) is 3.98. The van der Waals surface area contributed by atoms with E-state index in [9.17, 15) is 9.90 Å². The second kappa shape index (κ2) is 8.24. The molecule has 0 saturated carbocycles. The fourth-order valence-electron chi connectivity index (χ4n) is 2.73. The molecule has 0 atom stereocenters. The largest absolute Gasteiger partial charge is 0.544 e. The van der Waals surface area contributed by atoms with Crippen molar-refractivity contribution in [2.75, 3.05) is 18.0 Å². The van der Waals surface area contributed by atoms with E-state index in [4.69, 9.17) is 4.42 Å². The molecular formula is C17H21N4O3S-. The number of carboxylic acids is 1. The van der Waals surface area contributed by atoms with Crippen LogP contribution in [0.2, 0.25) is 0 Å². The van der Waals surface area contributed by atoms with Crippen molar-refractivity contribution in [3.05, 3.63) is 28.6 Å². The third kappa shape index (κ3) is 4.66. The van der Waals surface area contributed by atoms with Crippen molar-refractivity contribution in [2.24, 2.45) is 0 Å². The highest BCUT2D eigenvalue weighted by molar-refractivity contribution is 8.04. The van der Waals surface area contributed by atoms with Crippen molar-refractivity contribution < 1.29 is 14.3 Å². The molecule has 3 rings (SSSR count). The maximum atomic E-state index is 11.4. The van der Waals surface area contributed by atoms with Gasteiger partial charge in [-0.15, -0.1) is 5.10 Å². The third-order valence-electron chi connectivity index (χ3n) is 3.95. The van der Waals surface area contributed by atoms with Crippen LogP contribution < -0.4 is 10.0 Å². The molecule has 8 heteroatoms. The number of anilines is 1. The first-order chi connectivity index (χ1) is 12.2. The topological polar surface area (TPSA) is 98.1 Å². The summed E-state index contributed by atoms with van der Waals surface area (Å²) in [5, 5.41) is 18.6. The van der Waals surface area contributed by atoms with Gasteiger partial charge < -0.3 is 19.2 Å². The lowest BCUT2D eigenvalue weighted by Gasteiger charge is -2.25. The first-order valence-corrected chi connectivity index (χ1v) is 9.34. The number of hydrogen-bond acceptors (Lipinski definition) is 7. The molecule has 1 saturated heterocycles. The quantitative estimate of drug-likeness (QED) is 0.596. The Morgan fingerprint density at radius 2 is 2.20 bits per heavy atom. The SMILES string of the molecule is CCCc1nc(S/C(=C/c2ccc(N3CCCCC3)o2)C(=O)[O-])n[nH]1. The molecule has 0 aliphatic carbocycles. The number of carbonyl (C=O) groups excluding carboxylic acids is 1. The minimum absolute atomic E-state index is 0.0154. The predicted octanol–water partition coefficient (Wildman–Crippen LogP) is 2.22. The number of H-pyrrole nitrogens is 1. The van der Waals surface area contributed by atoms with Crippen LogP contribution in [0.5, 0.6) is 0 Å². The molecule has 0 spiro atoms. The van der Waals surface area contributed by atoms with E-state index in [2.05, 4.69) is 20.1 Å². The molecule has 0 unspecified atom stereocenters. The Hall–Kier alpha value is -2.22. The number of hydrogen-bond donors (Lipinski definition) is 1. The van der Waals surface area contributed by atoms with E-state index in [0.717, 1.165) is 62.2 Å². The van der Waals surface area contributed by atoms with Crippen LogP contribution >= 0.6 is 11.8 Å². The molecule has 25 heavy (non-hydrogen) atoms. The van der Waals surface area contributed by atoms with E-state index in [1.165, 1.54) is 12.5 Å². The Labute approximate surface area is 150 Å². The van der Waals surface area contributed by atoms with Crippen LogP contribution in [0.15, 0.2) is 26.6 Å². The molecule has 0 radical (unpaired) electrons. The van der Waals surface area contributed by atoms with Gasteiger partial charge in [0.15, 0.2) is 5.88 Å². The molecule has 1 fully saturated rings. The van der Waals surface area contributed by atoms with E-state index >= 15 is 0 Å². The van der Waals surface area contributed by atoms with Crippen molar-refractivity contribution >= 4 is 29.7 Å². The van der Waals surface area contributed by atoms with Gasteiger partial charge in [0.05, 0.1) is 5.97 Å². The van der Waals surface area contributed by atoms with E-state index in [1.807, 2.05) is 13.0 Å². The van der Waals surface area contributed by atoms with Crippen molar-refractivity contribution in [1.29, 1.82) is 0 Å². The highest BCUT2D eigenvalue weighted by Gasteiger charge is 2.15. The second-order valence-corrected chi connectivity index (χ2v) is 6.95. The first kappa shape index (κ1) is 17.6. The number of rotatable bonds is 7. The number of nitrogens with zero attached hydrogens (tertiary/aromatic N) is 3. The molecule has 0 aromatic carbocycles. The minimum Gasteiger partial charge on any atom is -0.544 e. The van der Waals surface area contributed by atoms with Gasteiger partial charge in [-0.3, -0.25) is 5.10 Å². The zero-order valence-corrected chi connectivity index (χ0v) is 15.0. The molecule has 7 nitrogen and oxygen atoms in total. The molecule has 134 valence electrons. The van der Waals surface area contributed by atoms with Crippen LogP contribution in [0.25, 0.3) is 6.08 Å². The third-order valence-corrected chi connectivity index (χ3v) is 4.82. The fraction of sp³-hybridized carbons (Fsp3) is 0.471. The lowest BCUT2D eigenvalue weighted by Crippen LogP contribution is -2.28. The number of furan rings is 1. The summed E-state index contributed by atoms with van der Waals surface area (Å²) in [5.41, 5.74) is 0. The van der Waals surface area contributed by atoms with Gasteiger partial charge in [0.25, 0.3) is 0 Å². The Kier molecular flexibility index (Phi) is 5.80. The van der Waals surface area contributed by atoms with Crippen molar-refractivity contribution in [1.82, 2.24) is 15.2 Å². The zero-order chi connectivity index (χ0) is 17.6. The van der Waals surface area contributed by atoms with E-state index in [0.29, 0.717) is 10.9 Å². The van der Waals surface area contributed by atoms with Gasteiger partial charge in [0.2, 0.25) is 5.16 Å². The number of nitrogens with one attached hydrogen (secondary N) is 1. The summed E-state index contributed by atoms with van der Waals surface area (Å²) in [5.74, 6) is 0.726. The second-order valence-electron chi connectivity index (χ2n) is 5.94. The van der Waals surface area contributed by atoms with E-state index in [-0.39, 0.29) is 4.91 Å². The van der Waals surface area contributed by atoms with Crippen LogP contribution in [0.4, 0.5) is 5.88 Å². The number of aromatic amines is 1. The molecule has 1 N–H and O–H groups in total. The predicted molar refractivity (Wildman–Crippen MR) is 94.0 cm³/mol. The Morgan fingerprint density at radius 1 is 1.40 bits per heavy atom. The average Bonchev–Trinajstić information content (AvgIpc) is 3.25. The Morgan fingerprint density at radius 3 is 2.92 bits per heavy atom. The lowest BCUT2D eigenvalue weighted by molar-refractivity contribution is -0.298. The molecular weight excluding hydrogens is 340 g/mol. The van der Waals surface area contributed by atoms with E-state index in [1.54, 1.807) is 6.07 Å². The Balaban J connectivity index is 1.73. The van der Waals surface area contributed by atoms with Crippen molar-refractivity contribution in [2.45, 2.75) is 44.2 Å². The highest BCUT2D eigenvalue weighted by Crippen LogP contribution is 2.28. The molecule has 3 heterocycles. The van der Waals surface area contributed by atoms with Crippen molar-refractivity contribution in [3.63, 3.8) is 0 Å². The number of aromatic nitrogens is 3. The van der Waals surface area contributed by atoms with Gasteiger partial charge in [-0.05, 0) is 49.6 Å². The average molecular weight is 361 g/mol. The van der Waals surface area contributed by atoms with Crippen LogP contribution in [0, 0.1) is 0 Å². The van der Waals surface area contributed by atoms with Gasteiger partial charge in [-0.2, -0.15) is 0 Å². The number of aryl methyl sites for hydroxylation is 1. The maximum absolute atomic E-state index is 11.4. The maximum Gasteiger partial charge on any atom is 0.213 e. The van der Waals surface area contributed by atoms with Gasteiger partial charge in [-0.1, -0.05) is 6.92 Å².